The van der Waals surface area contributed by atoms with Crippen LogP contribution in [-0.4, -0.2) is 42.5 Å². The molecule has 0 aromatic heterocycles. The van der Waals surface area contributed by atoms with Gasteiger partial charge in [0.05, 0.1) is 18.0 Å². The molecule has 0 radical (unpaired) electrons. The number of urea groups is 1. The summed E-state index contributed by atoms with van der Waals surface area (Å²) in [6.45, 7) is 8.85. The first-order chi connectivity index (χ1) is 8.46. The molecule has 0 heterocycles. The Morgan fingerprint density at radius 2 is 1.94 bits per heavy atom. The Labute approximate surface area is 108 Å². The maximum atomic E-state index is 11.8. The zero-order valence-electron chi connectivity index (χ0n) is 11.5. The summed E-state index contributed by atoms with van der Waals surface area (Å²) in [5, 5.41) is 13.5. The molecule has 0 aliphatic carbocycles. The number of hydrogen-bond donors (Lipinski definition) is 2. The van der Waals surface area contributed by atoms with Crippen LogP contribution in [-0.2, 0) is 4.79 Å². The number of nitriles is 1. The highest BCUT2D eigenvalue weighted by molar-refractivity contribution is 5.96. The fraction of sp³-hybridized carbons (Fsp3) is 0.750. The first-order valence-electron chi connectivity index (χ1n) is 6.18. The van der Waals surface area contributed by atoms with E-state index in [4.69, 9.17) is 5.26 Å². The summed E-state index contributed by atoms with van der Waals surface area (Å²) in [5.41, 5.74) is 0. The molecule has 2 N–H and O–H groups in total. The van der Waals surface area contributed by atoms with Crippen molar-refractivity contribution >= 4 is 11.9 Å². The third kappa shape index (κ3) is 5.64. The van der Waals surface area contributed by atoms with Gasteiger partial charge in [-0.1, -0.05) is 6.92 Å². The van der Waals surface area contributed by atoms with Gasteiger partial charge in [-0.2, -0.15) is 5.26 Å². The van der Waals surface area contributed by atoms with Crippen molar-refractivity contribution < 1.29 is 9.59 Å². The minimum Gasteiger partial charge on any atom is -0.338 e. The van der Waals surface area contributed by atoms with E-state index in [-0.39, 0.29) is 11.8 Å². The topological polar surface area (TPSA) is 85.2 Å². The number of carbonyl (C=O) groups is 2. The van der Waals surface area contributed by atoms with Crippen LogP contribution in [0.1, 0.15) is 27.7 Å². The van der Waals surface area contributed by atoms with Gasteiger partial charge in [0, 0.05) is 13.1 Å². The molecule has 0 saturated carbocycles. The van der Waals surface area contributed by atoms with Crippen LogP contribution in [0.2, 0.25) is 0 Å². The van der Waals surface area contributed by atoms with Gasteiger partial charge in [0.2, 0.25) is 5.91 Å². The zero-order valence-corrected chi connectivity index (χ0v) is 11.5. The van der Waals surface area contributed by atoms with Crippen molar-refractivity contribution in [1.29, 1.82) is 5.26 Å². The molecule has 2 unspecified atom stereocenters. The third-order valence-electron chi connectivity index (χ3n) is 2.64. The molecule has 102 valence electrons. The van der Waals surface area contributed by atoms with E-state index in [1.54, 1.807) is 20.8 Å². The van der Waals surface area contributed by atoms with Gasteiger partial charge < -0.3 is 5.32 Å². The van der Waals surface area contributed by atoms with Crippen LogP contribution < -0.4 is 10.6 Å². The molecular formula is C12H22N4O2. The monoisotopic (exact) mass is 254 g/mol. The van der Waals surface area contributed by atoms with E-state index in [0.717, 1.165) is 0 Å². The molecule has 0 fully saturated rings. The van der Waals surface area contributed by atoms with Gasteiger partial charge in [0.1, 0.15) is 0 Å². The molecule has 6 nitrogen and oxygen atoms in total. The van der Waals surface area contributed by atoms with Crippen molar-refractivity contribution in [3.05, 3.63) is 0 Å². The van der Waals surface area contributed by atoms with Crippen LogP contribution in [0.5, 0.6) is 0 Å². The zero-order chi connectivity index (χ0) is 14.1. The Hall–Kier alpha value is -1.61. The average molecular weight is 254 g/mol. The van der Waals surface area contributed by atoms with Crippen LogP contribution in [0, 0.1) is 17.2 Å². The lowest BCUT2D eigenvalue weighted by atomic mass is 10.1. The van der Waals surface area contributed by atoms with E-state index in [1.807, 2.05) is 11.8 Å². The molecule has 0 aromatic rings. The van der Waals surface area contributed by atoms with Gasteiger partial charge in [-0.05, 0) is 27.3 Å². The van der Waals surface area contributed by atoms with Crippen molar-refractivity contribution in [3.63, 3.8) is 0 Å². The Kier molecular flexibility index (Phi) is 7.72. The van der Waals surface area contributed by atoms with Crippen LogP contribution >= 0.6 is 0 Å². The summed E-state index contributed by atoms with van der Waals surface area (Å²) < 4.78 is 0. The normalized spacial score (nSPS) is 13.6. The first-order valence-corrected chi connectivity index (χ1v) is 6.18. The summed E-state index contributed by atoms with van der Waals surface area (Å²) in [4.78, 5) is 24.9. The lowest BCUT2D eigenvalue weighted by Crippen LogP contribution is -2.50. The van der Waals surface area contributed by atoms with Crippen molar-refractivity contribution in [2.45, 2.75) is 33.7 Å². The van der Waals surface area contributed by atoms with Crippen molar-refractivity contribution in [1.82, 2.24) is 15.5 Å². The Morgan fingerprint density at radius 3 is 2.39 bits per heavy atom. The molecule has 0 rings (SSSR count). The van der Waals surface area contributed by atoms with Gasteiger partial charge in [0.15, 0.2) is 0 Å². The minimum atomic E-state index is -0.487. The highest BCUT2D eigenvalue weighted by Crippen LogP contribution is 2.04. The Bertz CT molecular complexity index is 325. The summed E-state index contributed by atoms with van der Waals surface area (Å²) in [6.07, 6.45) is 0. The average Bonchev–Trinajstić information content (AvgIpc) is 2.34. The predicted molar refractivity (Wildman–Crippen MR) is 68.7 cm³/mol. The summed E-state index contributed by atoms with van der Waals surface area (Å²) >= 11 is 0. The second-order valence-corrected chi connectivity index (χ2v) is 4.14. The SMILES string of the molecule is CCNC(=O)NC(=O)C(C)N(CC)CC(C)C#N. The quantitative estimate of drug-likeness (QED) is 0.730. The molecule has 0 saturated heterocycles. The highest BCUT2D eigenvalue weighted by atomic mass is 16.2. The fourth-order valence-electron chi connectivity index (χ4n) is 1.54. The lowest BCUT2D eigenvalue weighted by Gasteiger charge is -2.27. The van der Waals surface area contributed by atoms with Crippen LogP contribution in [0.3, 0.4) is 0 Å². The molecule has 0 spiro atoms. The van der Waals surface area contributed by atoms with Gasteiger partial charge in [0.25, 0.3) is 0 Å². The minimum absolute atomic E-state index is 0.148. The molecule has 18 heavy (non-hydrogen) atoms. The van der Waals surface area contributed by atoms with E-state index in [9.17, 15) is 9.59 Å². The van der Waals surface area contributed by atoms with E-state index in [0.29, 0.717) is 19.6 Å². The molecule has 0 aromatic carbocycles. The van der Waals surface area contributed by atoms with E-state index < -0.39 is 12.1 Å². The number of likely N-dealkylation sites (N-methyl/N-ethyl adjacent to an activating group) is 1. The molecule has 0 aliphatic heterocycles. The summed E-state index contributed by atoms with van der Waals surface area (Å²) in [5.74, 6) is -0.502. The number of nitrogens with one attached hydrogen (secondary N) is 2. The van der Waals surface area contributed by atoms with Crippen LogP contribution in [0.25, 0.3) is 0 Å². The second-order valence-electron chi connectivity index (χ2n) is 4.14. The molecule has 0 aliphatic rings. The van der Waals surface area contributed by atoms with Crippen molar-refractivity contribution in [2.75, 3.05) is 19.6 Å². The molecule has 2 atom stereocenters. The van der Waals surface area contributed by atoms with Gasteiger partial charge in [-0.3, -0.25) is 15.0 Å². The molecule has 3 amide bonds. The van der Waals surface area contributed by atoms with Crippen molar-refractivity contribution in [2.24, 2.45) is 5.92 Å². The predicted octanol–water partition coefficient (Wildman–Crippen LogP) is 0.702. The van der Waals surface area contributed by atoms with Crippen molar-refractivity contribution in [3.8, 4) is 6.07 Å². The maximum absolute atomic E-state index is 11.8. The number of hydrogen-bond acceptors (Lipinski definition) is 4. The summed E-state index contributed by atoms with van der Waals surface area (Å²) in [6, 6.07) is 1.21. The number of nitrogens with zero attached hydrogens (tertiary/aromatic N) is 2. The standard InChI is InChI=1S/C12H22N4O2/c1-5-14-12(18)15-11(17)10(4)16(6-2)8-9(3)7-13/h9-10H,5-6,8H2,1-4H3,(H2,14,15,17,18). The Morgan fingerprint density at radius 1 is 1.33 bits per heavy atom. The van der Waals surface area contributed by atoms with Gasteiger partial charge in [-0.25, -0.2) is 4.79 Å². The number of amides is 3. The first kappa shape index (κ1) is 16.4. The number of rotatable bonds is 6. The lowest BCUT2D eigenvalue weighted by molar-refractivity contribution is -0.124. The van der Waals surface area contributed by atoms with E-state index in [2.05, 4.69) is 16.7 Å². The fourth-order valence-corrected chi connectivity index (χ4v) is 1.54. The van der Waals surface area contributed by atoms with E-state index >= 15 is 0 Å². The van der Waals surface area contributed by atoms with Gasteiger partial charge >= 0.3 is 6.03 Å². The molecule has 0 bridgehead atoms. The maximum Gasteiger partial charge on any atom is 0.321 e. The second kappa shape index (κ2) is 8.48. The molecule has 6 heteroatoms. The van der Waals surface area contributed by atoms with Crippen LogP contribution in [0.4, 0.5) is 4.79 Å². The third-order valence-corrected chi connectivity index (χ3v) is 2.64. The highest BCUT2D eigenvalue weighted by Gasteiger charge is 2.22. The summed E-state index contributed by atoms with van der Waals surface area (Å²) in [7, 11) is 0. The number of carbonyl (C=O) groups excluding carboxylic acids is 2. The largest absolute Gasteiger partial charge is 0.338 e. The number of imide groups is 1. The van der Waals surface area contributed by atoms with Crippen LogP contribution in [0.15, 0.2) is 0 Å². The van der Waals surface area contributed by atoms with Gasteiger partial charge in [-0.15, -0.1) is 0 Å². The Balaban J connectivity index is 4.40. The smallest absolute Gasteiger partial charge is 0.321 e. The van der Waals surface area contributed by atoms with E-state index in [1.165, 1.54) is 0 Å². The molecular weight excluding hydrogens is 232 g/mol.